The van der Waals surface area contributed by atoms with E-state index in [1.807, 2.05) is 37.5 Å². The number of hydrogen-bond donors (Lipinski definition) is 6. The molecule has 18 heteroatoms. The molecule has 2 amide bonds. The van der Waals surface area contributed by atoms with Crippen molar-refractivity contribution in [2.75, 3.05) is 26.2 Å². The number of rotatable bonds is 14. The molecule has 0 aromatic heterocycles. The third-order valence-electron chi connectivity index (χ3n) is 16.4. The molecule has 2 unspecified atom stereocenters. The number of nitrogens with zero attached hydrogens (tertiary/aromatic N) is 2. The molecule has 6 saturated heterocycles. The number of piperazine rings is 2. The van der Waals surface area contributed by atoms with Crippen molar-refractivity contribution in [3.8, 4) is 0 Å². The van der Waals surface area contributed by atoms with Crippen LogP contribution in [0, 0.1) is 11.8 Å². The second-order valence-corrected chi connectivity index (χ2v) is 32.9. The van der Waals surface area contributed by atoms with Crippen LogP contribution in [0.25, 0.3) is 0 Å². The lowest BCUT2D eigenvalue weighted by atomic mass is 9.80. The quantitative estimate of drug-likeness (QED) is 0.0739. The first-order valence-electron chi connectivity index (χ1n) is 29.9. The van der Waals surface area contributed by atoms with Crippen molar-refractivity contribution in [2.45, 2.75) is 321 Å². The highest BCUT2D eigenvalue weighted by Crippen LogP contribution is 2.38. The van der Waals surface area contributed by atoms with E-state index in [4.69, 9.17) is 18.9 Å². The van der Waals surface area contributed by atoms with E-state index in [-0.39, 0.29) is 67.2 Å². The van der Waals surface area contributed by atoms with Gasteiger partial charge in [0.25, 0.3) is 0 Å². The molecule has 0 spiro atoms. The third-order valence-corrected chi connectivity index (χ3v) is 16.4. The molecule has 6 aliphatic rings. The van der Waals surface area contributed by atoms with Gasteiger partial charge in [0, 0.05) is 133 Å². The highest BCUT2D eigenvalue weighted by molar-refractivity contribution is 5.89. The summed E-state index contributed by atoms with van der Waals surface area (Å²) in [7, 11) is 0. The fraction of sp³-hybridized carbons (Fsp3) is 0.903. The zero-order valence-electron chi connectivity index (χ0n) is 54.3. The Kier molecular flexibility index (Phi) is 19.5. The molecule has 0 saturated carbocycles. The summed E-state index contributed by atoms with van der Waals surface area (Å²) < 4.78 is 24.8. The third kappa shape index (κ3) is 19.6. The van der Waals surface area contributed by atoms with Gasteiger partial charge in [0.1, 0.15) is 24.4 Å². The van der Waals surface area contributed by atoms with Crippen LogP contribution in [0.4, 0.5) is 0 Å². The van der Waals surface area contributed by atoms with E-state index in [2.05, 4.69) is 170 Å². The van der Waals surface area contributed by atoms with E-state index >= 15 is 0 Å². The van der Waals surface area contributed by atoms with Crippen LogP contribution in [0.15, 0.2) is 0 Å². The molecule has 80 heavy (non-hydrogen) atoms. The normalized spacial score (nSPS) is 28.0. The molecule has 0 radical (unpaired) electrons. The number of amides is 2. The van der Waals surface area contributed by atoms with Gasteiger partial charge < -0.3 is 50.0 Å². The van der Waals surface area contributed by atoms with Crippen LogP contribution in [0.1, 0.15) is 230 Å². The lowest BCUT2D eigenvalue weighted by Gasteiger charge is -2.50. The van der Waals surface area contributed by atoms with Gasteiger partial charge in [0.15, 0.2) is 0 Å². The molecule has 6 heterocycles. The van der Waals surface area contributed by atoms with Crippen LogP contribution in [0.5, 0.6) is 0 Å². The van der Waals surface area contributed by atoms with E-state index < -0.39 is 84.0 Å². The van der Waals surface area contributed by atoms with Gasteiger partial charge in [0.05, 0.1) is 35.8 Å². The lowest BCUT2D eigenvalue weighted by Crippen LogP contribution is -2.72. The average Bonchev–Trinajstić information content (AvgIpc) is 3.16. The largest absolute Gasteiger partial charge is 0.462 e. The van der Waals surface area contributed by atoms with Crippen molar-refractivity contribution >= 4 is 35.7 Å². The van der Waals surface area contributed by atoms with E-state index in [0.29, 0.717) is 77.5 Å². The Morgan fingerprint density at radius 1 is 0.362 bits per heavy atom. The maximum absolute atomic E-state index is 14.6. The molecule has 6 aliphatic heterocycles. The second kappa shape index (κ2) is 23.2. The van der Waals surface area contributed by atoms with Crippen LogP contribution < -0.4 is 31.9 Å². The molecular formula is C62H112N8O10. The first kappa shape index (κ1) is 67.4. The second-order valence-electron chi connectivity index (χ2n) is 32.9. The van der Waals surface area contributed by atoms with Gasteiger partial charge in [-0.15, -0.1) is 0 Å². The molecular weight excluding hydrogens is 1020 g/mol. The van der Waals surface area contributed by atoms with E-state index in [0.717, 1.165) is 0 Å². The van der Waals surface area contributed by atoms with Gasteiger partial charge in [-0.1, -0.05) is 0 Å². The molecule has 2 atom stereocenters. The first-order valence-corrected chi connectivity index (χ1v) is 29.9. The summed E-state index contributed by atoms with van der Waals surface area (Å²) in [6.45, 7) is 51.7. The number of carbonyl (C=O) groups is 6. The Morgan fingerprint density at radius 2 is 0.575 bits per heavy atom. The summed E-state index contributed by atoms with van der Waals surface area (Å²) in [5.41, 5.74) is -3.90. The van der Waals surface area contributed by atoms with Gasteiger partial charge in [-0.3, -0.25) is 39.4 Å². The SMILES string of the molecule is CC1(C)CC(OC(=O)CC(C(=O)OC2CC(C)(C)NC(C)(C)C2)C(CC(=O)OC2CC(C)(C)NC(C)(C)C2)C(=O)OC2CC(C)(C)NC(C)(C)C2)CC(C)(C)N1.CC1(C)CN(CCN2CC(C)(C)NC(C)(C)C2=O)C(=O)C(C)(C)N1. The number of hydrogen-bond acceptors (Lipinski definition) is 16. The van der Waals surface area contributed by atoms with E-state index in [1.54, 1.807) is 0 Å². The molecule has 6 fully saturated rings. The van der Waals surface area contributed by atoms with Gasteiger partial charge >= 0.3 is 23.9 Å². The fourth-order valence-electron chi connectivity index (χ4n) is 15.7. The predicted molar refractivity (Wildman–Crippen MR) is 314 cm³/mol. The number of piperidine rings is 4. The summed E-state index contributed by atoms with van der Waals surface area (Å²) in [6, 6.07) is 0. The van der Waals surface area contributed by atoms with E-state index in [9.17, 15) is 28.8 Å². The Morgan fingerprint density at radius 3 is 0.800 bits per heavy atom. The molecule has 18 nitrogen and oxygen atoms in total. The first-order chi connectivity index (χ1) is 35.8. The lowest BCUT2D eigenvalue weighted by molar-refractivity contribution is -0.178. The van der Waals surface area contributed by atoms with Crippen LogP contribution in [-0.4, -0.2) is 163 Å². The average molecular weight is 1130 g/mol. The maximum Gasteiger partial charge on any atom is 0.310 e. The number of ether oxygens (including phenoxy) is 4. The Bertz CT molecular complexity index is 2060. The van der Waals surface area contributed by atoms with Crippen LogP contribution >= 0.6 is 0 Å². The summed E-state index contributed by atoms with van der Waals surface area (Å²) in [5.74, 6) is -5.13. The monoisotopic (exact) mass is 1130 g/mol. The Balaban J connectivity index is 0.000000407. The summed E-state index contributed by atoms with van der Waals surface area (Å²) in [6.07, 6.45) is 1.83. The minimum atomic E-state index is -1.34. The van der Waals surface area contributed by atoms with Crippen molar-refractivity contribution in [3.05, 3.63) is 0 Å². The van der Waals surface area contributed by atoms with Gasteiger partial charge in [-0.2, -0.15) is 0 Å². The van der Waals surface area contributed by atoms with Gasteiger partial charge in [-0.25, -0.2) is 0 Å². The Hall–Kier alpha value is -3.42. The minimum absolute atomic E-state index is 0.0999. The Labute approximate surface area is 482 Å². The predicted octanol–water partition coefficient (Wildman–Crippen LogP) is 7.37. The summed E-state index contributed by atoms with van der Waals surface area (Å²) >= 11 is 0. The summed E-state index contributed by atoms with van der Waals surface area (Å²) in [5, 5.41) is 21.3. The summed E-state index contributed by atoms with van der Waals surface area (Å²) in [4.78, 5) is 86.5. The van der Waals surface area contributed by atoms with Gasteiger partial charge in [0.2, 0.25) is 11.8 Å². The smallest absolute Gasteiger partial charge is 0.310 e. The molecule has 460 valence electrons. The van der Waals surface area contributed by atoms with Crippen LogP contribution in [0.2, 0.25) is 0 Å². The maximum atomic E-state index is 14.6. The van der Waals surface area contributed by atoms with Crippen molar-refractivity contribution < 1.29 is 47.7 Å². The molecule has 0 bridgehead atoms. The highest BCUT2D eigenvalue weighted by atomic mass is 16.6. The molecule has 0 aromatic carbocycles. The van der Waals surface area contributed by atoms with Gasteiger partial charge in [-0.05, 0) is 166 Å². The highest BCUT2D eigenvalue weighted by Gasteiger charge is 2.50. The standard InChI is InChI=1S/C44H78N4O8.C18H34N4O2/c1-37(2)19-27(20-38(3,4)45-37)53-33(49)17-31(35(51)55-29-23-41(9,10)47-42(11,12)24-29)32(36(52)56-30-25-43(13,14)48-44(15,16)26-30)18-34(50)54-28-21-39(5,6)46-40(7,8)22-28;1-15(2)11-21(13(23)17(5,6)19-15)9-10-22-12-16(3,4)20-18(7,8)14(22)24/h27-32,45-48H,17-26H2,1-16H3;19-20H,9-12H2,1-8H3. The van der Waals surface area contributed by atoms with Crippen molar-refractivity contribution in [1.29, 1.82) is 0 Å². The zero-order valence-corrected chi connectivity index (χ0v) is 54.3. The molecule has 0 aliphatic carbocycles. The topological polar surface area (TPSA) is 218 Å². The van der Waals surface area contributed by atoms with E-state index in [1.165, 1.54) is 0 Å². The van der Waals surface area contributed by atoms with Crippen LogP contribution in [0.3, 0.4) is 0 Å². The van der Waals surface area contributed by atoms with Crippen LogP contribution in [-0.2, 0) is 47.7 Å². The molecule has 0 aromatic rings. The van der Waals surface area contributed by atoms with Crippen molar-refractivity contribution in [1.82, 2.24) is 41.7 Å². The number of carbonyl (C=O) groups excluding carboxylic acids is 6. The van der Waals surface area contributed by atoms with Crippen molar-refractivity contribution in [3.63, 3.8) is 0 Å². The number of nitrogens with one attached hydrogen (secondary N) is 6. The van der Waals surface area contributed by atoms with Crippen molar-refractivity contribution in [2.24, 2.45) is 11.8 Å². The molecule has 6 N–H and O–H groups in total. The fourth-order valence-corrected chi connectivity index (χ4v) is 15.7. The molecule has 6 rings (SSSR count). The number of esters is 4. The zero-order chi connectivity index (χ0) is 61.1. The minimum Gasteiger partial charge on any atom is -0.462 e.